The van der Waals surface area contributed by atoms with E-state index in [1.54, 1.807) is 16.5 Å². The van der Waals surface area contributed by atoms with Gasteiger partial charge in [-0.2, -0.15) is 0 Å². The van der Waals surface area contributed by atoms with Crippen molar-refractivity contribution < 1.29 is 0 Å². The SMILES string of the molecule is c1ccc2c(c1)C1CCCC3B4c5c(cccc5-n5c6ccccc6c6cccc4c65)N2C31. The highest BCUT2D eigenvalue weighted by Crippen LogP contribution is 2.57. The number of nitrogens with zero attached hydrogens (tertiary/aromatic N) is 2. The van der Waals surface area contributed by atoms with Gasteiger partial charge in [0.1, 0.15) is 0 Å². The Morgan fingerprint density at radius 1 is 0.697 bits per heavy atom. The third-order valence-electron chi connectivity index (χ3n) is 9.16. The van der Waals surface area contributed by atoms with E-state index in [-0.39, 0.29) is 0 Å². The van der Waals surface area contributed by atoms with Gasteiger partial charge in [0.2, 0.25) is 6.71 Å². The van der Waals surface area contributed by atoms with E-state index in [4.69, 9.17) is 0 Å². The molecule has 0 N–H and O–H groups in total. The lowest BCUT2D eigenvalue weighted by Crippen LogP contribution is -2.61. The Hall–Kier alpha value is -3.46. The molecule has 1 saturated carbocycles. The molecule has 0 bridgehead atoms. The average Bonchev–Trinajstić information content (AvgIpc) is 3.39. The molecule has 0 spiro atoms. The summed E-state index contributed by atoms with van der Waals surface area (Å²) in [5.41, 5.74) is 11.7. The lowest BCUT2D eigenvalue weighted by atomic mass is 9.28. The molecule has 2 nitrogen and oxygen atoms in total. The zero-order valence-corrected chi connectivity index (χ0v) is 18.4. The molecule has 33 heavy (non-hydrogen) atoms. The molecule has 1 aromatic heterocycles. The maximum absolute atomic E-state index is 2.75. The maximum atomic E-state index is 2.75. The van der Waals surface area contributed by atoms with E-state index >= 15 is 0 Å². The molecular formula is C30H23BN2. The van der Waals surface area contributed by atoms with E-state index in [0.29, 0.717) is 24.5 Å². The van der Waals surface area contributed by atoms with Crippen molar-refractivity contribution in [3.8, 4) is 5.69 Å². The predicted molar refractivity (Wildman–Crippen MR) is 139 cm³/mol. The Morgan fingerprint density at radius 3 is 2.48 bits per heavy atom. The van der Waals surface area contributed by atoms with Crippen molar-refractivity contribution in [2.24, 2.45) is 0 Å². The molecule has 0 saturated heterocycles. The molecule has 3 aliphatic heterocycles. The van der Waals surface area contributed by atoms with Gasteiger partial charge in [0.15, 0.2) is 0 Å². The second kappa shape index (κ2) is 5.72. The number of aromatic nitrogens is 1. The fourth-order valence-corrected chi connectivity index (χ4v) is 8.17. The Bertz CT molecular complexity index is 1650. The molecule has 3 unspecified atom stereocenters. The molecule has 1 fully saturated rings. The first-order valence-electron chi connectivity index (χ1n) is 12.5. The summed E-state index contributed by atoms with van der Waals surface area (Å²) in [7, 11) is 0. The highest BCUT2D eigenvalue weighted by molar-refractivity contribution is 6.91. The first-order chi connectivity index (χ1) is 16.4. The molecule has 4 aromatic carbocycles. The number of rotatable bonds is 0. The number of hydrogen-bond acceptors (Lipinski definition) is 1. The summed E-state index contributed by atoms with van der Waals surface area (Å²) in [6, 6.07) is 32.9. The first-order valence-corrected chi connectivity index (χ1v) is 12.5. The van der Waals surface area contributed by atoms with Crippen LogP contribution in [0.3, 0.4) is 0 Å². The predicted octanol–water partition coefficient (Wildman–Crippen LogP) is 5.88. The Balaban J connectivity index is 1.46. The van der Waals surface area contributed by atoms with Crippen molar-refractivity contribution in [2.75, 3.05) is 4.90 Å². The molecule has 5 aromatic rings. The molecule has 0 radical (unpaired) electrons. The molecule has 0 amide bonds. The third-order valence-corrected chi connectivity index (χ3v) is 9.16. The summed E-state index contributed by atoms with van der Waals surface area (Å²) in [6.07, 6.45) is 3.97. The lowest BCUT2D eigenvalue weighted by Gasteiger charge is -2.49. The molecule has 9 rings (SSSR count). The standard InChI is InChI=1S/C30H23BN2/c1-3-14-24-18(8-1)20-10-5-12-22-29(20)32(24)26-16-7-17-27-28(26)31(22)23-13-6-11-21-19-9-2-4-15-25(19)33(27)30(21)23/h1-5,7-10,12,14-17,21,23,30H,6,11,13H2. The minimum atomic E-state index is 0.482. The van der Waals surface area contributed by atoms with Crippen molar-refractivity contribution in [1.29, 1.82) is 0 Å². The van der Waals surface area contributed by atoms with Crippen LogP contribution in [0.15, 0.2) is 84.9 Å². The van der Waals surface area contributed by atoms with Gasteiger partial charge < -0.3 is 9.47 Å². The molecular weight excluding hydrogens is 399 g/mol. The zero-order chi connectivity index (χ0) is 21.3. The molecule has 4 aliphatic rings. The highest BCUT2D eigenvalue weighted by atomic mass is 15.2. The normalized spacial score (nSPS) is 23.6. The molecule has 1 aliphatic carbocycles. The summed E-state index contributed by atoms with van der Waals surface area (Å²) < 4.78 is 2.57. The monoisotopic (exact) mass is 422 g/mol. The molecule has 3 atom stereocenters. The van der Waals surface area contributed by atoms with Crippen LogP contribution in [-0.4, -0.2) is 17.3 Å². The quantitative estimate of drug-likeness (QED) is 0.283. The second-order valence-corrected chi connectivity index (χ2v) is 10.4. The number of para-hydroxylation sites is 3. The van der Waals surface area contributed by atoms with Crippen LogP contribution in [0.4, 0.5) is 11.4 Å². The largest absolute Gasteiger partial charge is 0.338 e. The van der Waals surface area contributed by atoms with Gasteiger partial charge in [-0.05, 0) is 53.0 Å². The molecule has 156 valence electrons. The van der Waals surface area contributed by atoms with Crippen LogP contribution in [0.5, 0.6) is 0 Å². The van der Waals surface area contributed by atoms with Crippen molar-refractivity contribution in [3.05, 3.63) is 90.5 Å². The van der Waals surface area contributed by atoms with E-state index in [0.717, 1.165) is 0 Å². The summed E-state index contributed by atoms with van der Waals surface area (Å²) >= 11 is 0. The third kappa shape index (κ3) is 1.84. The summed E-state index contributed by atoms with van der Waals surface area (Å²) in [5.74, 6) is 1.31. The minimum absolute atomic E-state index is 0.482. The van der Waals surface area contributed by atoms with Gasteiger partial charge in [-0.15, -0.1) is 0 Å². The van der Waals surface area contributed by atoms with Crippen LogP contribution < -0.4 is 15.8 Å². The van der Waals surface area contributed by atoms with Crippen molar-refractivity contribution >= 4 is 50.8 Å². The molecule has 4 heterocycles. The number of hydrogen-bond donors (Lipinski definition) is 0. The zero-order valence-electron chi connectivity index (χ0n) is 18.4. The van der Waals surface area contributed by atoms with Crippen LogP contribution in [0.2, 0.25) is 5.82 Å². The van der Waals surface area contributed by atoms with Crippen LogP contribution in [0.1, 0.15) is 30.7 Å². The van der Waals surface area contributed by atoms with E-state index in [1.165, 1.54) is 58.1 Å². The smallest absolute Gasteiger partial charge is 0.222 e. The second-order valence-electron chi connectivity index (χ2n) is 10.4. The van der Waals surface area contributed by atoms with Crippen molar-refractivity contribution in [3.63, 3.8) is 0 Å². The lowest BCUT2D eigenvalue weighted by molar-refractivity contribution is 0.396. The average molecular weight is 422 g/mol. The Morgan fingerprint density at radius 2 is 1.48 bits per heavy atom. The summed E-state index contributed by atoms with van der Waals surface area (Å²) in [6.45, 7) is 0.482. The van der Waals surface area contributed by atoms with Gasteiger partial charge in [-0.1, -0.05) is 73.5 Å². The van der Waals surface area contributed by atoms with E-state index in [2.05, 4.69) is 94.4 Å². The topological polar surface area (TPSA) is 8.17 Å². The van der Waals surface area contributed by atoms with Gasteiger partial charge in [0, 0.05) is 45.3 Å². The van der Waals surface area contributed by atoms with Crippen LogP contribution in [-0.2, 0) is 0 Å². The first kappa shape index (κ1) is 17.1. The van der Waals surface area contributed by atoms with Crippen molar-refractivity contribution in [2.45, 2.75) is 37.0 Å². The van der Waals surface area contributed by atoms with Crippen LogP contribution >= 0.6 is 0 Å². The van der Waals surface area contributed by atoms with Crippen LogP contribution in [0, 0.1) is 0 Å². The summed E-state index contributed by atoms with van der Waals surface area (Å²) in [4.78, 5) is 2.75. The van der Waals surface area contributed by atoms with Gasteiger partial charge in [-0.3, -0.25) is 0 Å². The van der Waals surface area contributed by atoms with Crippen LogP contribution in [0.25, 0.3) is 27.5 Å². The highest BCUT2D eigenvalue weighted by Gasteiger charge is 2.55. The minimum Gasteiger partial charge on any atom is -0.338 e. The Labute approximate surface area is 193 Å². The van der Waals surface area contributed by atoms with Gasteiger partial charge in [0.25, 0.3) is 0 Å². The maximum Gasteiger partial charge on any atom is 0.222 e. The van der Waals surface area contributed by atoms with Gasteiger partial charge in [0.05, 0.1) is 5.52 Å². The van der Waals surface area contributed by atoms with E-state index in [1.807, 2.05) is 0 Å². The Kier molecular flexibility index (Phi) is 2.96. The van der Waals surface area contributed by atoms with E-state index < -0.39 is 0 Å². The van der Waals surface area contributed by atoms with Crippen molar-refractivity contribution in [1.82, 2.24) is 4.57 Å². The van der Waals surface area contributed by atoms with E-state index in [9.17, 15) is 0 Å². The molecule has 3 heteroatoms. The fraction of sp³-hybridized carbons (Fsp3) is 0.200. The van der Waals surface area contributed by atoms with Gasteiger partial charge in [-0.25, -0.2) is 0 Å². The number of anilines is 2. The summed E-state index contributed by atoms with van der Waals surface area (Å²) in [5, 5.41) is 2.78. The van der Waals surface area contributed by atoms with Gasteiger partial charge >= 0.3 is 0 Å². The number of benzene rings is 4. The number of fused-ring (bicyclic) bond motifs is 10. The fourth-order valence-electron chi connectivity index (χ4n) is 8.17.